The molecule has 13 heteroatoms. The van der Waals surface area contributed by atoms with E-state index in [-0.39, 0.29) is 27.1 Å². The maximum absolute atomic E-state index is 14.0. The number of ether oxygens (including phenoxy) is 5. The van der Waals surface area contributed by atoms with Crippen molar-refractivity contribution in [1.29, 1.82) is 0 Å². The molecule has 4 atom stereocenters. The molecule has 0 spiro atoms. The lowest BCUT2D eigenvalue weighted by molar-refractivity contribution is -0.242. The molecular weight excluding hydrogens is 717 g/mol. The Kier molecular flexibility index (Phi) is 11.6. The Hall–Kier alpha value is -6.15. The van der Waals surface area contributed by atoms with Gasteiger partial charge in [0.1, 0.15) is 12.7 Å². The van der Waals surface area contributed by atoms with Crippen LogP contribution in [0.5, 0.6) is 0 Å². The van der Waals surface area contributed by atoms with Crippen LogP contribution in [0.3, 0.4) is 0 Å². The predicted molar refractivity (Wildman–Crippen MR) is 192 cm³/mol. The minimum Gasteiger partial charge on any atom is -0.459 e. The Bertz CT molecular complexity index is 2180. The number of benzene rings is 5. The highest BCUT2D eigenvalue weighted by atomic mass is 32.2. The molecule has 0 aromatic heterocycles. The molecule has 5 aromatic rings. The molecule has 12 nitrogen and oxygen atoms in total. The van der Waals surface area contributed by atoms with E-state index in [1.807, 2.05) is 0 Å². The van der Waals surface area contributed by atoms with Crippen molar-refractivity contribution in [3.05, 3.63) is 173 Å². The number of esters is 4. The van der Waals surface area contributed by atoms with Crippen LogP contribution in [0.4, 0.5) is 0 Å². The second kappa shape index (κ2) is 16.7. The number of carbonyl (C=O) groups excluding carboxylic acids is 4. The fraction of sp³-hybridized carbons (Fsp3) is 0.171. The van der Waals surface area contributed by atoms with E-state index >= 15 is 0 Å². The van der Waals surface area contributed by atoms with Crippen LogP contribution in [0.2, 0.25) is 0 Å². The molecular formula is C41H34O12S. The number of hydrogen-bond acceptors (Lipinski definition) is 12. The van der Waals surface area contributed by atoms with Crippen molar-refractivity contribution in [3.63, 3.8) is 0 Å². The van der Waals surface area contributed by atoms with Crippen molar-refractivity contribution >= 4 is 34.0 Å². The standard InChI is InChI=1S/C41H34O12S/c1-28-22-24-33(25-23-28)54(46,47)53-36-35(50-39(44)31-18-10-4-11-19-31)34(26-48-37(42)29-14-6-2-7-15-29)51-41(36,52-40(45)32-20-12-5-13-21-32)27-49-38(43)30-16-8-3-9-17-30/h2-25,34-36H,26-27H2,1H3. The van der Waals surface area contributed by atoms with Gasteiger partial charge in [0, 0.05) is 0 Å². The zero-order chi connectivity index (χ0) is 38.1. The second-order valence-corrected chi connectivity index (χ2v) is 13.7. The normalized spacial score (nSPS) is 19.3. The van der Waals surface area contributed by atoms with Crippen molar-refractivity contribution in [2.24, 2.45) is 0 Å². The lowest BCUT2D eigenvalue weighted by Crippen LogP contribution is -2.53. The molecule has 6 rings (SSSR count). The summed E-state index contributed by atoms with van der Waals surface area (Å²) < 4.78 is 63.3. The van der Waals surface area contributed by atoms with Crippen LogP contribution in [0, 0.1) is 6.92 Å². The van der Waals surface area contributed by atoms with Crippen LogP contribution >= 0.6 is 0 Å². The number of carbonyl (C=O) groups is 4. The quantitative estimate of drug-likeness (QED) is 0.0791. The van der Waals surface area contributed by atoms with Crippen LogP contribution in [0.1, 0.15) is 47.0 Å². The first-order valence-electron chi connectivity index (χ1n) is 16.7. The molecule has 54 heavy (non-hydrogen) atoms. The maximum atomic E-state index is 14.0. The van der Waals surface area contributed by atoms with Crippen molar-refractivity contribution in [2.75, 3.05) is 13.2 Å². The van der Waals surface area contributed by atoms with Gasteiger partial charge in [0.2, 0.25) is 0 Å². The molecule has 0 N–H and O–H groups in total. The predicted octanol–water partition coefficient (Wildman–Crippen LogP) is 5.96. The maximum Gasteiger partial charge on any atom is 0.340 e. The van der Waals surface area contributed by atoms with Gasteiger partial charge in [0.15, 0.2) is 18.8 Å². The SMILES string of the molecule is Cc1ccc(S(=O)(=O)OC2C(OC(=O)c3ccccc3)C(COC(=O)c3ccccc3)OC2(COC(=O)c2ccccc2)OC(=O)c2ccccc2)cc1. The summed E-state index contributed by atoms with van der Waals surface area (Å²) in [5.74, 6) is -6.24. The van der Waals surface area contributed by atoms with Crippen LogP contribution in [-0.2, 0) is 38.0 Å². The van der Waals surface area contributed by atoms with Crippen molar-refractivity contribution in [2.45, 2.75) is 35.9 Å². The van der Waals surface area contributed by atoms with Gasteiger partial charge < -0.3 is 23.7 Å². The minimum absolute atomic E-state index is 0.0202. The van der Waals surface area contributed by atoms with Gasteiger partial charge >= 0.3 is 23.9 Å². The summed E-state index contributed by atoms with van der Waals surface area (Å²) in [6.07, 6.45) is -5.32. The summed E-state index contributed by atoms with van der Waals surface area (Å²) in [7, 11) is -4.76. The Labute approximate surface area is 311 Å². The molecule has 0 bridgehead atoms. The molecule has 0 amide bonds. The largest absolute Gasteiger partial charge is 0.459 e. The number of aryl methyl sites for hydroxylation is 1. The third-order valence-electron chi connectivity index (χ3n) is 8.32. The summed E-state index contributed by atoms with van der Waals surface area (Å²) in [4.78, 5) is 53.6. The fourth-order valence-electron chi connectivity index (χ4n) is 5.55. The van der Waals surface area contributed by atoms with E-state index in [1.54, 1.807) is 91.9 Å². The van der Waals surface area contributed by atoms with E-state index in [0.717, 1.165) is 5.56 Å². The first-order valence-corrected chi connectivity index (χ1v) is 18.1. The van der Waals surface area contributed by atoms with E-state index < -0.39 is 71.3 Å². The highest BCUT2D eigenvalue weighted by Crippen LogP contribution is 2.40. The molecule has 4 unspecified atom stereocenters. The summed E-state index contributed by atoms with van der Waals surface area (Å²) in [5.41, 5.74) is 1.15. The van der Waals surface area contributed by atoms with E-state index in [1.165, 1.54) is 60.7 Å². The molecule has 5 aromatic carbocycles. The molecule has 1 saturated heterocycles. The highest BCUT2D eigenvalue weighted by Gasteiger charge is 2.64. The number of hydrogen-bond donors (Lipinski definition) is 0. The van der Waals surface area contributed by atoms with E-state index in [4.69, 9.17) is 27.9 Å². The Balaban J connectivity index is 1.45. The van der Waals surface area contributed by atoms with Gasteiger partial charge in [0.05, 0.1) is 27.1 Å². The smallest absolute Gasteiger partial charge is 0.340 e. The van der Waals surface area contributed by atoms with Crippen LogP contribution in [0.25, 0.3) is 0 Å². The van der Waals surface area contributed by atoms with Crippen LogP contribution in [-0.4, -0.2) is 69.6 Å². The van der Waals surface area contributed by atoms with Gasteiger partial charge in [-0.15, -0.1) is 0 Å². The fourth-order valence-corrected chi connectivity index (χ4v) is 6.66. The zero-order valence-electron chi connectivity index (χ0n) is 28.8. The monoisotopic (exact) mass is 750 g/mol. The molecule has 0 saturated carbocycles. The molecule has 1 aliphatic rings. The molecule has 1 fully saturated rings. The van der Waals surface area contributed by atoms with Crippen molar-refractivity contribution < 1.29 is 55.5 Å². The number of rotatable bonds is 13. The minimum atomic E-state index is -4.76. The molecule has 1 aliphatic heterocycles. The van der Waals surface area contributed by atoms with Crippen molar-refractivity contribution in [1.82, 2.24) is 0 Å². The van der Waals surface area contributed by atoms with Gasteiger partial charge in [-0.25, -0.2) is 19.2 Å². The Morgan fingerprint density at radius 3 is 1.54 bits per heavy atom. The highest BCUT2D eigenvalue weighted by molar-refractivity contribution is 7.86. The van der Waals surface area contributed by atoms with E-state index in [9.17, 15) is 27.6 Å². The molecule has 0 radical (unpaired) electrons. The zero-order valence-corrected chi connectivity index (χ0v) is 29.6. The van der Waals surface area contributed by atoms with Gasteiger partial charge in [0.25, 0.3) is 15.9 Å². The summed E-state index contributed by atoms with van der Waals surface area (Å²) in [5, 5.41) is 0. The second-order valence-electron chi connectivity index (χ2n) is 12.2. The molecule has 0 aliphatic carbocycles. The van der Waals surface area contributed by atoms with Crippen LogP contribution in [0.15, 0.2) is 150 Å². The lowest BCUT2D eigenvalue weighted by Gasteiger charge is -2.33. The molecule has 1 heterocycles. The average molecular weight is 751 g/mol. The first-order chi connectivity index (χ1) is 26.0. The first kappa shape index (κ1) is 37.6. The molecule has 276 valence electrons. The average Bonchev–Trinajstić information content (AvgIpc) is 3.47. The third kappa shape index (κ3) is 8.89. The van der Waals surface area contributed by atoms with E-state index in [2.05, 4.69) is 0 Å². The topological polar surface area (TPSA) is 158 Å². The summed E-state index contributed by atoms with van der Waals surface area (Å²) in [6, 6.07) is 37.0. The van der Waals surface area contributed by atoms with Gasteiger partial charge in [-0.1, -0.05) is 90.5 Å². The Morgan fingerprint density at radius 1 is 0.593 bits per heavy atom. The van der Waals surface area contributed by atoms with E-state index in [0.29, 0.717) is 0 Å². The summed E-state index contributed by atoms with van der Waals surface area (Å²) >= 11 is 0. The van der Waals surface area contributed by atoms with Gasteiger partial charge in [-0.3, -0.25) is 4.18 Å². The van der Waals surface area contributed by atoms with Crippen LogP contribution < -0.4 is 0 Å². The third-order valence-corrected chi connectivity index (χ3v) is 9.63. The lowest BCUT2D eigenvalue weighted by atomic mass is 10.0. The van der Waals surface area contributed by atoms with Gasteiger partial charge in [-0.05, 0) is 67.6 Å². The summed E-state index contributed by atoms with van der Waals surface area (Å²) in [6.45, 7) is 0.162. The Morgan fingerprint density at radius 2 is 1.04 bits per heavy atom. The van der Waals surface area contributed by atoms with Gasteiger partial charge in [-0.2, -0.15) is 8.42 Å². The van der Waals surface area contributed by atoms with Crippen molar-refractivity contribution in [3.8, 4) is 0 Å².